The molecular weight excluding hydrogens is 300 g/mol. The van der Waals surface area contributed by atoms with Gasteiger partial charge in [-0.1, -0.05) is 48.5 Å². The molecule has 0 bridgehead atoms. The van der Waals surface area contributed by atoms with Crippen LogP contribution in [-0.4, -0.2) is 18.2 Å². The molecule has 0 unspecified atom stereocenters. The number of carbonyl (C=O) groups is 1. The van der Waals surface area contributed by atoms with Crippen LogP contribution in [0.2, 0.25) is 0 Å². The van der Waals surface area contributed by atoms with Crippen LogP contribution in [0.4, 0.5) is 0 Å². The number of carboxylic acid groups (broad SMARTS) is 1. The maximum atomic E-state index is 11.0. The van der Waals surface area contributed by atoms with E-state index in [1.165, 1.54) is 0 Å². The Morgan fingerprint density at radius 3 is 2.12 bits per heavy atom. The van der Waals surface area contributed by atoms with Gasteiger partial charge in [-0.2, -0.15) is 0 Å². The van der Waals surface area contributed by atoms with Crippen LogP contribution in [0.3, 0.4) is 0 Å². The van der Waals surface area contributed by atoms with E-state index in [1.807, 2.05) is 42.5 Å². The zero-order valence-corrected chi connectivity index (χ0v) is 13.6. The minimum atomic E-state index is -0.919. The first-order chi connectivity index (χ1) is 11.6. The number of benzene rings is 3. The van der Waals surface area contributed by atoms with E-state index in [1.54, 1.807) is 19.2 Å². The van der Waals surface area contributed by atoms with Crippen molar-refractivity contribution in [1.82, 2.24) is 0 Å². The lowest BCUT2D eigenvalue weighted by Gasteiger charge is -2.16. The summed E-state index contributed by atoms with van der Waals surface area (Å²) in [4.78, 5) is 11.0. The molecule has 3 rings (SSSR count). The van der Waals surface area contributed by atoms with Gasteiger partial charge in [-0.3, -0.25) is 0 Å². The van der Waals surface area contributed by atoms with Gasteiger partial charge in [-0.25, -0.2) is 4.79 Å². The largest absolute Gasteiger partial charge is 0.496 e. The second-order valence-corrected chi connectivity index (χ2v) is 5.56. The van der Waals surface area contributed by atoms with E-state index in [0.717, 1.165) is 33.6 Å². The Kier molecular flexibility index (Phi) is 4.34. The van der Waals surface area contributed by atoms with E-state index >= 15 is 0 Å². The number of methoxy groups -OCH3 is 1. The first kappa shape index (κ1) is 15.8. The Bertz CT molecular complexity index is 866. The van der Waals surface area contributed by atoms with Crippen molar-refractivity contribution in [2.24, 2.45) is 0 Å². The van der Waals surface area contributed by atoms with Crippen molar-refractivity contribution in [2.45, 2.75) is 6.92 Å². The molecule has 0 amide bonds. The van der Waals surface area contributed by atoms with Crippen LogP contribution in [-0.2, 0) is 0 Å². The van der Waals surface area contributed by atoms with E-state index < -0.39 is 5.97 Å². The van der Waals surface area contributed by atoms with Gasteiger partial charge < -0.3 is 9.84 Å². The van der Waals surface area contributed by atoms with Crippen LogP contribution in [0.1, 0.15) is 15.9 Å². The first-order valence-electron chi connectivity index (χ1n) is 7.68. The van der Waals surface area contributed by atoms with Crippen LogP contribution in [0.5, 0.6) is 5.75 Å². The number of rotatable bonds is 4. The number of hydrogen-bond donors (Lipinski definition) is 1. The molecule has 3 aromatic carbocycles. The lowest BCUT2D eigenvalue weighted by atomic mass is 9.91. The number of hydrogen-bond acceptors (Lipinski definition) is 2. The molecule has 3 aromatic rings. The molecule has 0 fully saturated rings. The molecule has 3 nitrogen and oxygen atoms in total. The molecule has 0 radical (unpaired) electrons. The van der Waals surface area contributed by atoms with Gasteiger partial charge in [-0.15, -0.1) is 0 Å². The molecule has 3 heteroatoms. The molecule has 0 saturated heterocycles. The fraction of sp³-hybridized carbons (Fsp3) is 0.0952. The lowest BCUT2D eigenvalue weighted by Crippen LogP contribution is -1.96. The summed E-state index contributed by atoms with van der Waals surface area (Å²) < 4.78 is 5.54. The molecule has 0 aromatic heterocycles. The van der Waals surface area contributed by atoms with Gasteiger partial charge in [0.2, 0.25) is 0 Å². The summed E-state index contributed by atoms with van der Waals surface area (Å²) in [5, 5.41) is 9.05. The summed E-state index contributed by atoms with van der Waals surface area (Å²) in [7, 11) is 1.67. The van der Waals surface area contributed by atoms with Crippen LogP contribution < -0.4 is 4.74 Å². The normalized spacial score (nSPS) is 10.4. The topological polar surface area (TPSA) is 46.5 Å². The first-order valence-corrected chi connectivity index (χ1v) is 7.68. The van der Waals surface area contributed by atoms with Crippen molar-refractivity contribution in [2.75, 3.05) is 7.11 Å². The monoisotopic (exact) mass is 318 g/mol. The number of carboxylic acids is 1. The highest BCUT2D eigenvalue weighted by Gasteiger charge is 2.14. The molecule has 0 atom stereocenters. The summed E-state index contributed by atoms with van der Waals surface area (Å²) in [6, 6.07) is 21.0. The molecule has 1 N–H and O–H groups in total. The van der Waals surface area contributed by atoms with Crippen LogP contribution >= 0.6 is 0 Å². The van der Waals surface area contributed by atoms with Gasteiger partial charge in [0, 0.05) is 5.56 Å². The Labute approximate surface area is 141 Å². The standard InChI is InChI=1S/C21H18O3/c1-14-18(15-8-10-17(11-9-15)21(22)23)12-13-19(24-2)20(14)16-6-4-3-5-7-16/h3-13H,1-2H3,(H,22,23). The van der Waals surface area contributed by atoms with Gasteiger partial charge in [0.15, 0.2) is 0 Å². The quantitative estimate of drug-likeness (QED) is 0.733. The zero-order valence-electron chi connectivity index (χ0n) is 13.6. The van der Waals surface area contributed by atoms with E-state index in [4.69, 9.17) is 9.84 Å². The molecule has 0 aliphatic carbocycles. The summed E-state index contributed by atoms with van der Waals surface area (Å²) in [6.07, 6.45) is 0. The SMILES string of the molecule is COc1ccc(-c2ccc(C(=O)O)cc2)c(C)c1-c1ccccc1. The maximum Gasteiger partial charge on any atom is 0.335 e. The Hall–Kier alpha value is -3.07. The van der Waals surface area contributed by atoms with Crippen LogP contribution in [0, 0.1) is 6.92 Å². The van der Waals surface area contributed by atoms with E-state index in [9.17, 15) is 4.79 Å². The second-order valence-electron chi connectivity index (χ2n) is 5.56. The van der Waals surface area contributed by atoms with Crippen molar-refractivity contribution in [3.8, 4) is 28.0 Å². The third-order valence-corrected chi connectivity index (χ3v) is 4.15. The average molecular weight is 318 g/mol. The predicted molar refractivity (Wildman–Crippen MR) is 95.6 cm³/mol. The smallest absolute Gasteiger partial charge is 0.335 e. The number of aromatic carboxylic acids is 1. The Balaban J connectivity index is 2.15. The third kappa shape index (κ3) is 2.88. The molecule has 0 saturated carbocycles. The lowest BCUT2D eigenvalue weighted by molar-refractivity contribution is 0.0697. The second kappa shape index (κ2) is 6.59. The van der Waals surface area contributed by atoms with Crippen molar-refractivity contribution in [3.05, 3.63) is 77.9 Å². The van der Waals surface area contributed by atoms with Gasteiger partial charge in [0.1, 0.15) is 5.75 Å². The van der Waals surface area contributed by atoms with E-state index in [-0.39, 0.29) is 5.56 Å². The maximum absolute atomic E-state index is 11.0. The Morgan fingerprint density at radius 2 is 1.54 bits per heavy atom. The highest BCUT2D eigenvalue weighted by atomic mass is 16.5. The molecular formula is C21H18O3. The molecule has 120 valence electrons. The van der Waals surface area contributed by atoms with Crippen molar-refractivity contribution < 1.29 is 14.6 Å². The highest BCUT2D eigenvalue weighted by Crippen LogP contribution is 2.38. The third-order valence-electron chi connectivity index (χ3n) is 4.15. The van der Waals surface area contributed by atoms with Gasteiger partial charge in [-0.05, 0) is 47.4 Å². The Morgan fingerprint density at radius 1 is 0.875 bits per heavy atom. The predicted octanol–water partition coefficient (Wildman–Crippen LogP) is 5.04. The zero-order chi connectivity index (χ0) is 17.1. The van der Waals surface area contributed by atoms with Gasteiger partial charge >= 0.3 is 5.97 Å². The average Bonchev–Trinajstić information content (AvgIpc) is 2.62. The van der Waals surface area contributed by atoms with E-state index in [2.05, 4.69) is 19.1 Å². The molecule has 0 aliphatic rings. The molecule has 0 heterocycles. The summed E-state index contributed by atoms with van der Waals surface area (Å²) in [6.45, 7) is 2.06. The van der Waals surface area contributed by atoms with Crippen molar-refractivity contribution in [3.63, 3.8) is 0 Å². The minimum absolute atomic E-state index is 0.285. The highest BCUT2D eigenvalue weighted by molar-refractivity contribution is 5.89. The van der Waals surface area contributed by atoms with Gasteiger partial charge in [0.05, 0.1) is 12.7 Å². The van der Waals surface area contributed by atoms with Crippen LogP contribution in [0.25, 0.3) is 22.3 Å². The summed E-state index contributed by atoms with van der Waals surface area (Å²) >= 11 is 0. The molecule has 0 aliphatic heterocycles. The van der Waals surface area contributed by atoms with Crippen molar-refractivity contribution in [1.29, 1.82) is 0 Å². The molecule has 0 spiro atoms. The van der Waals surface area contributed by atoms with Crippen LogP contribution in [0.15, 0.2) is 66.7 Å². The summed E-state index contributed by atoms with van der Waals surface area (Å²) in [5.74, 6) is -0.0948. The van der Waals surface area contributed by atoms with E-state index in [0.29, 0.717) is 0 Å². The summed E-state index contributed by atoms with van der Waals surface area (Å²) in [5.41, 5.74) is 5.58. The van der Waals surface area contributed by atoms with Crippen molar-refractivity contribution >= 4 is 5.97 Å². The fourth-order valence-electron chi connectivity index (χ4n) is 2.93. The van der Waals surface area contributed by atoms with Gasteiger partial charge in [0.25, 0.3) is 0 Å². The fourth-order valence-corrected chi connectivity index (χ4v) is 2.93. The molecule has 24 heavy (non-hydrogen) atoms. The minimum Gasteiger partial charge on any atom is -0.496 e. The number of ether oxygens (including phenoxy) is 1.